The minimum Gasteiger partial charge on any atom is -0.464 e. The fourth-order valence-electron chi connectivity index (χ4n) is 3.14. The Morgan fingerprint density at radius 1 is 1.13 bits per heavy atom. The summed E-state index contributed by atoms with van der Waals surface area (Å²) in [5.74, 6) is 0.281. The summed E-state index contributed by atoms with van der Waals surface area (Å²) in [6.07, 6.45) is 0. The van der Waals surface area contributed by atoms with Crippen LogP contribution in [0.4, 0.5) is 5.69 Å². The van der Waals surface area contributed by atoms with E-state index in [-0.39, 0.29) is 11.6 Å². The number of benzene rings is 1. The number of furan rings is 1. The number of anilines is 1. The number of aromatic nitrogens is 2. The summed E-state index contributed by atoms with van der Waals surface area (Å²) in [5.41, 5.74) is 2.13. The van der Waals surface area contributed by atoms with Crippen molar-refractivity contribution in [2.75, 3.05) is 4.90 Å². The van der Waals surface area contributed by atoms with E-state index >= 15 is 0 Å². The molecule has 2 heterocycles. The van der Waals surface area contributed by atoms with Gasteiger partial charge in [0.15, 0.2) is 11.7 Å². The molecule has 0 aliphatic heterocycles. The van der Waals surface area contributed by atoms with Crippen LogP contribution in [0.1, 0.15) is 59.9 Å². The van der Waals surface area contributed by atoms with E-state index < -0.39 is 17.5 Å². The van der Waals surface area contributed by atoms with Gasteiger partial charge in [0.05, 0.1) is 0 Å². The summed E-state index contributed by atoms with van der Waals surface area (Å²) < 4.78 is 9.65. The third kappa shape index (κ3) is 4.76. The molecular formula is C22H26N4O3S. The molecule has 0 spiro atoms. The summed E-state index contributed by atoms with van der Waals surface area (Å²) in [6.45, 7) is 11.3. The minimum atomic E-state index is -1.01. The fraction of sp³-hybridized carbons (Fsp3) is 0.364. The number of hydrogen-bond donors (Lipinski definition) is 1. The van der Waals surface area contributed by atoms with E-state index in [2.05, 4.69) is 14.9 Å². The zero-order valence-electron chi connectivity index (χ0n) is 18.0. The van der Waals surface area contributed by atoms with Crippen LogP contribution in [0.5, 0.6) is 0 Å². The largest absolute Gasteiger partial charge is 0.464 e. The van der Waals surface area contributed by atoms with Crippen molar-refractivity contribution in [1.82, 2.24) is 14.9 Å². The lowest BCUT2D eigenvalue weighted by atomic mass is 10.0. The van der Waals surface area contributed by atoms with Gasteiger partial charge < -0.3 is 9.73 Å². The van der Waals surface area contributed by atoms with Gasteiger partial charge in [0.25, 0.3) is 11.8 Å². The monoisotopic (exact) mass is 426 g/mol. The molecule has 3 rings (SSSR count). The van der Waals surface area contributed by atoms with Crippen LogP contribution in [0.25, 0.3) is 0 Å². The summed E-state index contributed by atoms with van der Waals surface area (Å²) in [5, 5.41) is 8.51. The molecule has 8 heteroatoms. The molecule has 7 nitrogen and oxygen atoms in total. The Labute approximate surface area is 180 Å². The quantitative estimate of drug-likeness (QED) is 0.655. The Kier molecular flexibility index (Phi) is 6.07. The van der Waals surface area contributed by atoms with Crippen molar-refractivity contribution >= 4 is 29.0 Å². The number of amides is 2. The van der Waals surface area contributed by atoms with Crippen LogP contribution in [-0.4, -0.2) is 26.9 Å². The lowest BCUT2D eigenvalue weighted by Gasteiger charge is -2.33. The van der Waals surface area contributed by atoms with Crippen LogP contribution in [0, 0.1) is 20.8 Å². The fourth-order valence-corrected chi connectivity index (χ4v) is 3.57. The van der Waals surface area contributed by atoms with Crippen molar-refractivity contribution in [3.05, 3.63) is 64.1 Å². The molecule has 0 saturated carbocycles. The molecule has 0 fully saturated rings. The van der Waals surface area contributed by atoms with Gasteiger partial charge in [-0.15, -0.1) is 5.10 Å². The second-order valence-corrected chi connectivity index (χ2v) is 8.96. The van der Waals surface area contributed by atoms with Gasteiger partial charge in [-0.05, 0) is 82.4 Å². The van der Waals surface area contributed by atoms with E-state index in [0.717, 1.165) is 22.7 Å². The lowest BCUT2D eigenvalue weighted by Crippen LogP contribution is -2.49. The molecule has 1 N–H and O–H groups in total. The topological polar surface area (TPSA) is 88.3 Å². The molecule has 158 valence electrons. The Morgan fingerprint density at radius 2 is 1.87 bits per heavy atom. The molecule has 1 aromatic carbocycles. The second kappa shape index (κ2) is 8.39. The molecule has 3 aromatic rings. The van der Waals surface area contributed by atoms with Crippen molar-refractivity contribution < 1.29 is 14.0 Å². The van der Waals surface area contributed by atoms with Crippen LogP contribution < -0.4 is 10.2 Å². The Hall–Kier alpha value is -3.00. The van der Waals surface area contributed by atoms with E-state index in [1.165, 1.54) is 4.90 Å². The molecule has 0 saturated heterocycles. The summed E-state index contributed by atoms with van der Waals surface area (Å²) in [6, 6.07) is 8.28. The van der Waals surface area contributed by atoms with E-state index in [1.54, 1.807) is 24.4 Å². The van der Waals surface area contributed by atoms with Gasteiger partial charge in [-0.2, -0.15) is 0 Å². The zero-order chi connectivity index (χ0) is 22.1. The van der Waals surface area contributed by atoms with Gasteiger partial charge in [-0.25, -0.2) is 0 Å². The molecule has 0 aliphatic rings. The third-order valence-electron chi connectivity index (χ3n) is 4.46. The normalized spacial score (nSPS) is 12.5. The van der Waals surface area contributed by atoms with E-state index in [4.69, 9.17) is 4.42 Å². The molecule has 2 aromatic heterocycles. The summed E-state index contributed by atoms with van der Waals surface area (Å²) >= 11 is 1.09. The number of nitrogens with one attached hydrogen (secondary N) is 1. The first kappa shape index (κ1) is 21.7. The minimum absolute atomic E-state index is 0.178. The number of carbonyl (C=O) groups excluding carboxylic acids is 2. The molecule has 1 atom stereocenters. The van der Waals surface area contributed by atoms with Crippen molar-refractivity contribution in [2.24, 2.45) is 0 Å². The van der Waals surface area contributed by atoms with E-state index in [9.17, 15) is 9.59 Å². The number of rotatable bonds is 5. The molecule has 0 aliphatic carbocycles. The first-order valence-corrected chi connectivity index (χ1v) is 10.5. The summed E-state index contributed by atoms with van der Waals surface area (Å²) in [7, 11) is 0. The average molecular weight is 427 g/mol. The number of nitrogens with zero attached hydrogens (tertiary/aromatic N) is 3. The van der Waals surface area contributed by atoms with Crippen LogP contribution in [0.15, 0.2) is 40.1 Å². The molecule has 0 unspecified atom stereocenters. The van der Waals surface area contributed by atoms with Crippen molar-refractivity contribution in [3.63, 3.8) is 0 Å². The molecule has 0 bridgehead atoms. The van der Waals surface area contributed by atoms with Crippen LogP contribution in [0.2, 0.25) is 0 Å². The number of hydrogen-bond acceptors (Lipinski definition) is 6. The standard InChI is InChI=1S/C22H26N4O3S/c1-13-7-8-14(2)17(11-13)26(21(28)16-12-30-25-24-16)19(18-10-9-15(3)29-18)20(27)23-22(4,5)6/h7-12,19H,1-6H3,(H,23,27)/t19-/m1/s1. The maximum Gasteiger partial charge on any atom is 0.280 e. The van der Waals surface area contributed by atoms with Crippen molar-refractivity contribution in [1.29, 1.82) is 0 Å². The smallest absolute Gasteiger partial charge is 0.280 e. The van der Waals surface area contributed by atoms with Crippen molar-refractivity contribution in [2.45, 2.75) is 53.1 Å². The summed E-state index contributed by atoms with van der Waals surface area (Å²) in [4.78, 5) is 28.5. The van der Waals surface area contributed by atoms with E-state index in [1.807, 2.05) is 52.8 Å². The zero-order valence-corrected chi connectivity index (χ0v) is 18.8. The second-order valence-electron chi connectivity index (χ2n) is 8.35. The highest BCUT2D eigenvalue weighted by Crippen LogP contribution is 2.33. The molecule has 30 heavy (non-hydrogen) atoms. The van der Waals surface area contributed by atoms with Gasteiger partial charge >= 0.3 is 0 Å². The van der Waals surface area contributed by atoms with Crippen LogP contribution in [-0.2, 0) is 4.79 Å². The third-order valence-corrected chi connectivity index (χ3v) is 4.96. The lowest BCUT2D eigenvalue weighted by molar-refractivity contribution is -0.124. The van der Waals surface area contributed by atoms with Crippen LogP contribution in [0.3, 0.4) is 0 Å². The van der Waals surface area contributed by atoms with E-state index in [0.29, 0.717) is 17.2 Å². The van der Waals surface area contributed by atoms with Crippen molar-refractivity contribution in [3.8, 4) is 0 Å². The first-order valence-electron chi connectivity index (χ1n) is 9.63. The Balaban J connectivity index is 2.21. The van der Waals surface area contributed by atoms with Gasteiger partial charge in [0.1, 0.15) is 11.5 Å². The predicted octanol–water partition coefficient (Wildman–Crippen LogP) is 4.36. The number of aryl methyl sites for hydroxylation is 3. The Bertz CT molecular complexity index is 1050. The maximum atomic E-state index is 13.6. The molecule has 0 radical (unpaired) electrons. The Morgan fingerprint density at radius 3 is 2.43 bits per heavy atom. The van der Waals surface area contributed by atoms with Gasteiger partial charge in [0, 0.05) is 16.6 Å². The number of carbonyl (C=O) groups is 2. The average Bonchev–Trinajstić information content (AvgIpc) is 3.31. The highest BCUT2D eigenvalue weighted by atomic mass is 32.1. The first-order chi connectivity index (χ1) is 14.1. The predicted molar refractivity (Wildman–Crippen MR) is 117 cm³/mol. The molecular weight excluding hydrogens is 400 g/mol. The highest BCUT2D eigenvalue weighted by Gasteiger charge is 2.38. The highest BCUT2D eigenvalue weighted by molar-refractivity contribution is 7.03. The van der Waals surface area contributed by atoms with Crippen LogP contribution >= 0.6 is 11.5 Å². The SMILES string of the molecule is Cc1ccc(C)c(N(C(=O)c2csnn2)[C@@H](C(=O)NC(C)(C)C)c2ccc(C)o2)c1. The van der Waals surface area contributed by atoms with Gasteiger partial charge in [-0.1, -0.05) is 16.6 Å². The maximum absolute atomic E-state index is 13.6. The molecule has 2 amide bonds. The van der Waals surface area contributed by atoms with Gasteiger partial charge in [-0.3, -0.25) is 14.5 Å². The van der Waals surface area contributed by atoms with Gasteiger partial charge in [0.2, 0.25) is 0 Å².